The van der Waals surface area contributed by atoms with E-state index in [0.717, 1.165) is 19.7 Å². The molecule has 1 N–H and O–H groups in total. The van der Waals surface area contributed by atoms with Crippen molar-refractivity contribution in [3.05, 3.63) is 30.3 Å². The van der Waals surface area contributed by atoms with Crippen LogP contribution in [0.5, 0.6) is 0 Å². The van der Waals surface area contributed by atoms with Gasteiger partial charge in [0.15, 0.2) is 7.28 Å². The van der Waals surface area contributed by atoms with Crippen molar-refractivity contribution in [1.29, 1.82) is 0 Å². The van der Waals surface area contributed by atoms with E-state index in [9.17, 15) is 0 Å². The summed E-state index contributed by atoms with van der Waals surface area (Å²) >= 11 is 0. The van der Waals surface area contributed by atoms with Crippen molar-refractivity contribution in [2.24, 2.45) is 0 Å². The lowest BCUT2D eigenvalue weighted by Gasteiger charge is -2.23. The quantitative estimate of drug-likeness (QED) is 0.635. The molecule has 1 aromatic rings. The molecule has 1 unspecified atom stereocenters. The molecule has 1 saturated heterocycles. The second kappa shape index (κ2) is 4.44. The lowest BCUT2D eigenvalue weighted by Crippen LogP contribution is -2.45. The zero-order valence-electron chi connectivity index (χ0n) is 7.57. The number of nitrogens with one attached hydrogen (secondary N) is 1. The summed E-state index contributed by atoms with van der Waals surface area (Å²) < 4.78 is 5.56. The van der Waals surface area contributed by atoms with Crippen LogP contribution >= 0.6 is 0 Å². The Morgan fingerprint density at radius 1 is 1.31 bits per heavy atom. The zero-order chi connectivity index (χ0) is 8.93. The predicted molar refractivity (Wildman–Crippen MR) is 54.4 cm³/mol. The summed E-state index contributed by atoms with van der Waals surface area (Å²) in [6, 6.07) is 10.5. The maximum atomic E-state index is 5.56. The summed E-state index contributed by atoms with van der Waals surface area (Å²) in [5.74, 6) is 0. The minimum atomic E-state index is 0.233. The predicted octanol–water partition coefficient (Wildman–Crippen LogP) is -0.0380. The number of rotatable bonds is 2. The summed E-state index contributed by atoms with van der Waals surface area (Å²) in [7, 11) is 2.16. The topological polar surface area (TPSA) is 21.3 Å². The summed E-state index contributed by atoms with van der Waals surface area (Å²) in [4.78, 5) is 0. The molecule has 0 spiro atoms. The van der Waals surface area contributed by atoms with Gasteiger partial charge in [-0.15, -0.1) is 0 Å². The van der Waals surface area contributed by atoms with Crippen molar-refractivity contribution in [3.63, 3.8) is 0 Å². The zero-order valence-corrected chi connectivity index (χ0v) is 7.57. The van der Waals surface area contributed by atoms with E-state index in [2.05, 4.69) is 24.7 Å². The molecule has 1 aliphatic heterocycles. The molecule has 1 aliphatic rings. The van der Waals surface area contributed by atoms with Crippen LogP contribution in [0, 0.1) is 0 Å². The minimum Gasteiger partial charge on any atom is -0.384 e. The molecule has 2 nitrogen and oxygen atoms in total. The van der Waals surface area contributed by atoms with Crippen LogP contribution in [-0.4, -0.2) is 33.0 Å². The van der Waals surface area contributed by atoms with Crippen molar-refractivity contribution >= 4 is 12.7 Å². The maximum Gasteiger partial charge on any atom is 0.191 e. The van der Waals surface area contributed by atoms with E-state index in [1.165, 1.54) is 5.46 Å². The number of morpholine rings is 1. The van der Waals surface area contributed by atoms with E-state index in [1.807, 2.05) is 18.2 Å². The maximum absolute atomic E-state index is 5.56. The molecule has 67 valence electrons. The van der Waals surface area contributed by atoms with Crippen molar-refractivity contribution in [1.82, 2.24) is 5.32 Å². The van der Waals surface area contributed by atoms with Gasteiger partial charge < -0.3 is 10.1 Å². The van der Waals surface area contributed by atoms with Crippen molar-refractivity contribution < 1.29 is 4.74 Å². The Morgan fingerprint density at radius 2 is 2.15 bits per heavy atom. The Morgan fingerprint density at radius 3 is 2.85 bits per heavy atom. The van der Waals surface area contributed by atoms with Crippen LogP contribution in [0.3, 0.4) is 0 Å². The first kappa shape index (κ1) is 8.79. The van der Waals surface area contributed by atoms with Crippen LogP contribution in [0.4, 0.5) is 0 Å². The number of ether oxygens (including phenoxy) is 1. The summed E-state index contributed by atoms with van der Waals surface area (Å²) in [6.07, 6.45) is 0. The smallest absolute Gasteiger partial charge is 0.191 e. The molecule has 1 radical (unpaired) electrons. The van der Waals surface area contributed by atoms with Gasteiger partial charge in [0.2, 0.25) is 0 Å². The average molecular weight is 174 g/mol. The van der Waals surface area contributed by atoms with Crippen molar-refractivity contribution in [2.75, 3.05) is 19.7 Å². The highest BCUT2D eigenvalue weighted by Gasteiger charge is 2.14. The Labute approximate surface area is 79.5 Å². The van der Waals surface area contributed by atoms with Crippen LogP contribution in [0.25, 0.3) is 0 Å². The normalized spacial score (nSPS) is 22.6. The molecule has 0 aromatic heterocycles. The molecule has 1 aromatic carbocycles. The Bertz CT molecular complexity index is 246. The highest BCUT2D eigenvalue weighted by molar-refractivity contribution is 6.54. The van der Waals surface area contributed by atoms with Crippen LogP contribution in [0.15, 0.2) is 30.3 Å². The fraction of sp³-hybridized carbons (Fsp3) is 0.400. The first-order chi connectivity index (χ1) is 6.45. The van der Waals surface area contributed by atoms with Gasteiger partial charge in [-0.3, -0.25) is 0 Å². The van der Waals surface area contributed by atoms with Crippen LogP contribution in [0.2, 0.25) is 0 Å². The molecule has 3 heteroatoms. The van der Waals surface area contributed by atoms with E-state index >= 15 is 0 Å². The largest absolute Gasteiger partial charge is 0.384 e. The van der Waals surface area contributed by atoms with Gasteiger partial charge in [-0.05, 0) is 0 Å². The molecule has 2 rings (SSSR count). The van der Waals surface area contributed by atoms with Crippen molar-refractivity contribution in [3.8, 4) is 0 Å². The van der Waals surface area contributed by atoms with Crippen molar-refractivity contribution in [2.45, 2.75) is 6.00 Å². The third kappa shape index (κ3) is 2.57. The third-order valence-corrected chi connectivity index (χ3v) is 2.13. The molecule has 1 fully saturated rings. The van der Waals surface area contributed by atoms with E-state index in [1.54, 1.807) is 0 Å². The van der Waals surface area contributed by atoms with E-state index in [4.69, 9.17) is 4.74 Å². The van der Waals surface area contributed by atoms with Gasteiger partial charge in [-0.25, -0.2) is 0 Å². The molecule has 0 bridgehead atoms. The van der Waals surface area contributed by atoms with E-state index < -0.39 is 0 Å². The number of hydrogen-bond acceptors (Lipinski definition) is 2. The SMILES string of the molecule is [B](c1ccccc1)C1CNCCO1. The molecular weight excluding hydrogens is 161 g/mol. The van der Waals surface area contributed by atoms with Crippen LogP contribution in [0.1, 0.15) is 0 Å². The lowest BCUT2D eigenvalue weighted by molar-refractivity contribution is 0.0785. The highest BCUT2D eigenvalue weighted by Crippen LogP contribution is 1.94. The van der Waals surface area contributed by atoms with Crippen LogP contribution < -0.4 is 10.8 Å². The fourth-order valence-electron chi connectivity index (χ4n) is 1.47. The fourth-order valence-corrected chi connectivity index (χ4v) is 1.47. The van der Waals surface area contributed by atoms with Gasteiger partial charge >= 0.3 is 0 Å². The van der Waals surface area contributed by atoms with Crippen LogP contribution in [-0.2, 0) is 4.74 Å². The molecule has 0 saturated carbocycles. The molecular formula is C10H13BNO. The van der Waals surface area contributed by atoms with Gasteiger partial charge in [0.05, 0.1) is 6.61 Å². The van der Waals surface area contributed by atoms with E-state index in [-0.39, 0.29) is 6.00 Å². The van der Waals surface area contributed by atoms with Gasteiger partial charge in [-0.1, -0.05) is 35.8 Å². The molecule has 0 amide bonds. The molecule has 1 heterocycles. The lowest BCUT2D eigenvalue weighted by atomic mass is 9.64. The highest BCUT2D eigenvalue weighted by atomic mass is 16.5. The average Bonchev–Trinajstić information content (AvgIpc) is 2.21. The second-order valence-corrected chi connectivity index (χ2v) is 3.19. The Hall–Kier alpha value is -0.795. The second-order valence-electron chi connectivity index (χ2n) is 3.19. The monoisotopic (exact) mass is 174 g/mol. The first-order valence-corrected chi connectivity index (χ1v) is 4.67. The standard InChI is InChI=1S/C10H13BNO/c1-2-4-9(5-3-1)11-10-8-12-6-7-13-10/h1-5,10,12H,6-8H2. The number of hydrogen-bond donors (Lipinski definition) is 1. The molecule has 0 aliphatic carbocycles. The summed E-state index contributed by atoms with van der Waals surface area (Å²) in [5.41, 5.74) is 1.23. The van der Waals surface area contributed by atoms with Gasteiger partial charge in [0, 0.05) is 19.1 Å². The summed E-state index contributed by atoms with van der Waals surface area (Å²) in [6.45, 7) is 2.71. The molecule has 13 heavy (non-hydrogen) atoms. The Kier molecular flexibility index (Phi) is 3.00. The third-order valence-electron chi connectivity index (χ3n) is 2.13. The van der Waals surface area contributed by atoms with Gasteiger partial charge in [0.25, 0.3) is 0 Å². The van der Waals surface area contributed by atoms with Gasteiger partial charge in [0.1, 0.15) is 0 Å². The molecule has 1 atom stereocenters. The number of benzene rings is 1. The van der Waals surface area contributed by atoms with Gasteiger partial charge in [-0.2, -0.15) is 0 Å². The minimum absolute atomic E-state index is 0.233. The first-order valence-electron chi connectivity index (χ1n) is 4.67. The summed E-state index contributed by atoms with van der Waals surface area (Å²) in [5, 5.41) is 3.30. The van der Waals surface area contributed by atoms with E-state index in [0.29, 0.717) is 0 Å². The Balaban J connectivity index is 1.90.